The minimum Gasteiger partial charge on any atom is -0.497 e. The van der Waals surface area contributed by atoms with Crippen molar-refractivity contribution in [2.45, 2.75) is 26.4 Å². The number of nitrogens with one attached hydrogen (secondary N) is 2. The van der Waals surface area contributed by atoms with Gasteiger partial charge in [-0.2, -0.15) is 0 Å². The molecular formula is C21H37IN4O3. The number of hydrogen-bond acceptors (Lipinski definition) is 5. The van der Waals surface area contributed by atoms with Crippen molar-refractivity contribution in [3.05, 3.63) is 29.8 Å². The predicted molar refractivity (Wildman–Crippen MR) is 129 cm³/mol. The standard InChI is InChI=1S/C21H36N4O3.HI/c1-3-22-21(23-10-4-12-25-13-16-27-17-14-25)24-11-5-15-28-18-19-6-8-20(26-2)9-7-19;/h6-9H,3-5,10-18H2,1-2H3,(H2,22,23,24);1H. The number of nitrogens with zero attached hydrogens (tertiary/aromatic N) is 2. The molecule has 0 saturated carbocycles. The molecule has 1 aromatic carbocycles. The van der Waals surface area contributed by atoms with E-state index in [9.17, 15) is 0 Å². The molecule has 1 aliphatic heterocycles. The first-order valence-corrected chi connectivity index (χ1v) is 10.3. The summed E-state index contributed by atoms with van der Waals surface area (Å²) in [5.41, 5.74) is 1.15. The highest BCUT2D eigenvalue weighted by molar-refractivity contribution is 14.0. The molecule has 8 heteroatoms. The number of benzene rings is 1. The van der Waals surface area contributed by atoms with E-state index in [0.29, 0.717) is 13.2 Å². The van der Waals surface area contributed by atoms with Gasteiger partial charge in [0.25, 0.3) is 0 Å². The molecule has 0 aromatic heterocycles. The second-order valence-corrected chi connectivity index (χ2v) is 6.75. The van der Waals surface area contributed by atoms with Crippen molar-refractivity contribution in [3.63, 3.8) is 0 Å². The van der Waals surface area contributed by atoms with Crippen LogP contribution in [0.4, 0.5) is 0 Å². The Kier molecular flexibility index (Phi) is 14.9. The molecule has 0 amide bonds. The lowest BCUT2D eigenvalue weighted by Gasteiger charge is -2.26. The van der Waals surface area contributed by atoms with E-state index in [4.69, 9.17) is 14.2 Å². The van der Waals surface area contributed by atoms with Gasteiger partial charge in [-0.1, -0.05) is 12.1 Å². The van der Waals surface area contributed by atoms with Crippen LogP contribution in [0.1, 0.15) is 25.3 Å². The number of ether oxygens (including phenoxy) is 3. The summed E-state index contributed by atoms with van der Waals surface area (Å²) >= 11 is 0. The fourth-order valence-corrected chi connectivity index (χ4v) is 2.95. The average molecular weight is 520 g/mol. The summed E-state index contributed by atoms with van der Waals surface area (Å²) in [6.07, 6.45) is 2.01. The van der Waals surface area contributed by atoms with Crippen LogP contribution in [0.25, 0.3) is 0 Å². The second kappa shape index (κ2) is 16.7. The molecule has 1 heterocycles. The fourth-order valence-electron chi connectivity index (χ4n) is 2.95. The molecule has 2 rings (SSSR count). The lowest BCUT2D eigenvalue weighted by atomic mass is 10.2. The number of morpholine rings is 1. The van der Waals surface area contributed by atoms with Crippen molar-refractivity contribution < 1.29 is 14.2 Å². The molecule has 29 heavy (non-hydrogen) atoms. The SMILES string of the molecule is CCNC(=NCCCOCc1ccc(OC)cc1)NCCCN1CCOCC1.I. The zero-order chi connectivity index (χ0) is 19.9. The molecule has 2 N–H and O–H groups in total. The summed E-state index contributed by atoms with van der Waals surface area (Å²) < 4.78 is 16.3. The first kappa shape index (κ1) is 25.9. The van der Waals surface area contributed by atoms with Crippen LogP contribution < -0.4 is 15.4 Å². The van der Waals surface area contributed by atoms with Gasteiger partial charge >= 0.3 is 0 Å². The Morgan fingerprint density at radius 3 is 2.59 bits per heavy atom. The lowest BCUT2D eigenvalue weighted by Crippen LogP contribution is -2.40. The van der Waals surface area contributed by atoms with Crippen molar-refractivity contribution in [3.8, 4) is 5.75 Å². The third-order valence-electron chi connectivity index (χ3n) is 4.54. The van der Waals surface area contributed by atoms with E-state index in [1.165, 1.54) is 0 Å². The third kappa shape index (κ3) is 11.6. The Morgan fingerprint density at radius 2 is 1.90 bits per heavy atom. The molecule has 1 aromatic rings. The summed E-state index contributed by atoms with van der Waals surface area (Å²) in [4.78, 5) is 7.08. The summed E-state index contributed by atoms with van der Waals surface area (Å²) in [5, 5.41) is 6.72. The molecule has 166 valence electrons. The molecular weight excluding hydrogens is 483 g/mol. The highest BCUT2D eigenvalue weighted by Gasteiger charge is 2.09. The highest BCUT2D eigenvalue weighted by atomic mass is 127. The van der Waals surface area contributed by atoms with Gasteiger partial charge in [-0.25, -0.2) is 0 Å². The van der Waals surface area contributed by atoms with Crippen LogP contribution in [-0.4, -0.2) is 77.1 Å². The number of methoxy groups -OCH3 is 1. The first-order valence-electron chi connectivity index (χ1n) is 10.3. The first-order chi connectivity index (χ1) is 13.8. The van der Waals surface area contributed by atoms with Gasteiger partial charge in [0.05, 0.1) is 26.9 Å². The molecule has 7 nitrogen and oxygen atoms in total. The van der Waals surface area contributed by atoms with Gasteiger partial charge in [0.1, 0.15) is 5.75 Å². The van der Waals surface area contributed by atoms with Crippen LogP contribution >= 0.6 is 24.0 Å². The van der Waals surface area contributed by atoms with E-state index in [2.05, 4.69) is 27.4 Å². The second-order valence-electron chi connectivity index (χ2n) is 6.75. The summed E-state index contributed by atoms with van der Waals surface area (Å²) in [6.45, 7) is 10.9. The molecule has 0 aliphatic carbocycles. The van der Waals surface area contributed by atoms with Gasteiger partial charge in [-0.3, -0.25) is 9.89 Å². The zero-order valence-corrected chi connectivity index (χ0v) is 20.2. The van der Waals surface area contributed by atoms with Crippen molar-refractivity contribution in [2.75, 3.05) is 66.2 Å². The van der Waals surface area contributed by atoms with Crippen molar-refractivity contribution >= 4 is 29.9 Å². The Hall–Kier alpha value is -1.10. The van der Waals surface area contributed by atoms with Crippen LogP contribution in [0.2, 0.25) is 0 Å². The monoisotopic (exact) mass is 520 g/mol. The Balaban J connectivity index is 0.00000420. The minimum absolute atomic E-state index is 0. The third-order valence-corrected chi connectivity index (χ3v) is 4.54. The van der Waals surface area contributed by atoms with Gasteiger partial charge in [-0.05, 0) is 44.0 Å². The van der Waals surface area contributed by atoms with Crippen molar-refractivity contribution in [1.29, 1.82) is 0 Å². The predicted octanol–water partition coefficient (Wildman–Crippen LogP) is 2.50. The van der Waals surface area contributed by atoms with Gasteiger partial charge in [0.2, 0.25) is 0 Å². The number of halogens is 1. The largest absolute Gasteiger partial charge is 0.497 e. The van der Waals surface area contributed by atoms with Gasteiger partial charge in [0.15, 0.2) is 5.96 Å². The summed E-state index contributed by atoms with van der Waals surface area (Å²) in [5.74, 6) is 1.76. The van der Waals surface area contributed by atoms with Crippen LogP contribution in [-0.2, 0) is 16.1 Å². The van der Waals surface area contributed by atoms with E-state index in [0.717, 1.165) is 82.6 Å². The maximum Gasteiger partial charge on any atom is 0.191 e. The summed E-state index contributed by atoms with van der Waals surface area (Å²) in [7, 11) is 1.67. The number of guanidine groups is 1. The number of hydrogen-bond donors (Lipinski definition) is 2. The molecule has 0 bridgehead atoms. The summed E-state index contributed by atoms with van der Waals surface area (Å²) in [6, 6.07) is 7.97. The maximum absolute atomic E-state index is 5.73. The molecule has 0 atom stereocenters. The smallest absolute Gasteiger partial charge is 0.191 e. The van der Waals surface area contributed by atoms with Gasteiger partial charge < -0.3 is 24.8 Å². The van der Waals surface area contributed by atoms with E-state index in [-0.39, 0.29) is 24.0 Å². The molecule has 0 radical (unpaired) electrons. The molecule has 1 aliphatic rings. The fraction of sp³-hybridized carbons (Fsp3) is 0.667. The lowest BCUT2D eigenvalue weighted by molar-refractivity contribution is 0.0376. The molecule has 0 unspecified atom stereocenters. The number of aliphatic imine (C=N–C) groups is 1. The van der Waals surface area contributed by atoms with Crippen LogP contribution in [0, 0.1) is 0 Å². The number of rotatable bonds is 12. The van der Waals surface area contributed by atoms with E-state index in [1.807, 2.05) is 24.3 Å². The quantitative estimate of drug-likeness (QED) is 0.191. The maximum atomic E-state index is 5.73. The van der Waals surface area contributed by atoms with Crippen LogP contribution in [0.5, 0.6) is 5.75 Å². The van der Waals surface area contributed by atoms with Crippen molar-refractivity contribution in [1.82, 2.24) is 15.5 Å². The minimum atomic E-state index is 0. The molecule has 0 spiro atoms. The normalized spacial score (nSPS) is 14.9. The highest BCUT2D eigenvalue weighted by Crippen LogP contribution is 2.11. The van der Waals surface area contributed by atoms with Crippen molar-refractivity contribution in [2.24, 2.45) is 4.99 Å². The van der Waals surface area contributed by atoms with Crippen LogP contribution in [0.3, 0.4) is 0 Å². The Labute approximate surface area is 192 Å². The van der Waals surface area contributed by atoms with Crippen LogP contribution in [0.15, 0.2) is 29.3 Å². The average Bonchev–Trinajstić information content (AvgIpc) is 2.74. The topological polar surface area (TPSA) is 67.4 Å². The van der Waals surface area contributed by atoms with Gasteiger partial charge in [-0.15, -0.1) is 24.0 Å². The molecule has 1 fully saturated rings. The van der Waals surface area contributed by atoms with E-state index >= 15 is 0 Å². The Bertz CT molecular complexity index is 551. The molecule has 1 saturated heterocycles. The van der Waals surface area contributed by atoms with Gasteiger partial charge in [0, 0.05) is 39.3 Å². The van der Waals surface area contributed by atoms with E-state index in [1.54, 1.807) is 7.11 Å². The Morgan fingerprint density at radius 1 is 1.14 bits per heavy atom. The van der Waals surface area contributed by atoms with E-state index < -0.39 is 0 Å². The zero-order valence-electron chi connectivity index (χ0n) is 17.8.